The van der Waals surface area contributed by atoms with Crippen molar-refractivity contribution in [3.8, 4) is 0 Å². The Kier molecular flexibility index (Phi) is 2.63. The van der Waals surface area contributed by atoms with E-state index in [2.05, 4.69) is 17.0 Å². The Balaban J connectivity index is 1.88. The number of carbonyl (C=O) groups is 1. The average Bonchev–Trinajstić information content (AvgIpc) is 3.12. The van der Waals surface area contributed by atoms with Crippen LogP contribution in [0, 0.1) is 0 Å². The predicted octanol–water partition coefficient (Wildman–Crippen LogP) is 2.22. The summed E-state index contributed by atoms with van der Waals surface area (Å²) < 4.78 is 0. The number of hydrogen-bond donors (Lipinski definition) is 1. The molecule has 0 saturated heterocycles. The van der Waals surface area contributed by atoms with Crippen LogP contribution in [0.1, 0.15) is 36.3 Å². The van der Waals surface area contributed by atoms with Crippen LogP contribution in [0.3, 0.4) is 0 Å². The Morgan fingerprint density at radius 1 is 1.35 bits per heavy atom. The standard InChI is InChI=1S/C14H17NO2/c16-14(17)7-11-9-15(12-5-6-12)8-10-3-1-2-4-13(10)11/h1-4,11-12H,5-9H2,(H,16,17). The van der Waals surface area contributed by atoms with Gasteiger partial charge in [-0.15, -0.1) is 0 Å². The molecule has 0 radical (unpaired) electrons. The Bertz CT molecular complexity index is 440. The molecule has 2 aliphatic rings. The molecule has 1 aliphatic carbocycles. The summed E-state index contributed by atoms with van der Waals surface area (Å²) in [6.45, 7) is 1.91. The summed E-state index contributed by atoms with van der Waals surface area (Å²) in [7, 11) is 0. The van der Waals surface area contributed by atoms with Gasteiger partial charge in [-0.1, -0.05) is 24.3 Å². The summed E-state index contributed by atoms with van der Waals surface area (Å²) in [5.74, 6) is -0.527. The first-order valence-electron chi connectivity index (χ1n) is 6.27. The minimum atomic E-state index is -0.692. The second-order valence-corrected chi connectivity index (χ2v) is 5.15. The highest BCUT2D eigenvalue weighted by molar-refractivity contribution is 5.68. The van der Waals surface area contributed by atoms with E-state index >= 15 is 0 Å². The Morgan fingerprint density at radius 3 is 2.82 bits per heavy atom. The van der Waals surface area contributed by atoms with Gasteiger partial charge in [0.1, 0.15) is 0 Å². The molecule has 1 fully saturated rings. The van der Waals surface area contributed by atoms with Gasteiger partial charge in [-0.3, -0.25) is 9.69 Å². The maximum Gasteiger partial charge on any atom is 0.304 e. The third kappa shape index (κ3) is 2.20. The molecule has 1 aromatic rings. The van der Waals surface area contributed by atoms with Crippen LogP contribution >= 0.6 is 0 Å². The number of carboxylic acid groups (broad SMARTS) is 1. The molecule has 1 unspecified atom stereocenters. The number of aliphatic carboxylic acids is 1. The van der Waals surface area contributed by atoms with Gasteiger partial charge in [0.05, 0.1) is 6.42 Å². The lowest BCUT2D eigenvalue weighted by Gasteiger charge is -2.34. The van der Waals surface area contributed by atoms with Gasteiger partial charge in [0, 0.05) is 25.0 Å². The van der Waals surface area contributed by atoms with Crippen LogP contribution in [0.4, 0.5) is 0 Å². The van der Waals surface area contributed by atoms with E-state index in [-0.39, 0.29) is 12.3 Å². The van der Waals surface area contributed by atoms with Gasteiger partial charge in [0.25, 0.3) is 0 Å². The molecular formula is C14H17NO2. The van der Waals surface area contributed by atoms with Crippen LogP contribution in [0.5, 0.6) is 0 Å². The SMILES string of the molecule is O=C(O)CC1CN(C2CC2)Cc2ccccc21. The lowest BCUT2D eigenvalue weighted by Crippen LogP contribution is -2.35. The molecule has 0 amide bonds. The summed E-state index contributed by atoms with van der Waals surface area (Å²) in [6.07, 6.45) is 2.81. The van der Waals surface area contributed by atoms with E-state index in [1.807, 2.05) is 12.1 Å². The Morgan fingerprint density at radius 2 is 2.12 bits per heavy atom. The quantitative estimate of drug-likeness (QED) is 0.867. The Labute approximate surface area is 101 Å². The third-order valence-electron chi connectivity index (χ3n) is 3.81. The van der Waals surface area contributed by atoms with Crippen molar-refractivity contribution in [2.24, 2.45) is 0 Å². The first-order valence-corrected chi connectivity index (χ1v) is 6.27. The van der Waals surface area contributed by atoms with Gasteiger partial charge >= 0.3 is 5.97 Å². The van der Waals surface area contributed by atoms with Crippen molar-refractivity contribution in [3.63, 3.8) is 0 Å². The zero-order valence-electron chi connectivity index (χ0n) is 9.80. The van der Waals surface area contributed by atoms with Crippen molar-refractivity contribution in [2.75, 3.05) is 6.54 Å². The number of benzene rings is 1. The number of fused-ring (bicyclic) bond motifs is 1. The topological polar surface area (TPSA) is 40.5 Å². The average molecular weight is 231 g/mol. The Hall–Kier alpha value is -1.35. The second-order valence-electron chi connectivity index (χ2n) is 5.15. The minimum absolute atomic E-state index is 0.165. The molecule has 0 bridgehead atoms. The third-order valence-corrected chi connectivity index (χ3v) is 3.81. The van der Waals surface area contributed by atoms with Crippen molar-refractivity contribution >= 4 is 5.97 Å². The van der Waals surface area contributed by atoms with Crippen LogP contribution in [0.25, 0.3) is 0 Å². The first kappa shape index (κ1) is 10.8. The maximum atomic E-state index is 11.0. The summed E-state index contributed by atoms with van der Waals surface area (Å²) in [5, 5.41) is 9.01. The highest BCUT2D eigenvalue weighted by Crippen LogP contribution is 2.37. The van der Waals surface area contributed by atoms with E-state index in [0.29, 0.717) is 6.04 Å². The molecule has 3 heteroatoms. The summed E-state index contributed by atoms with van der Waals surface area (Å²) in [4.78, 5) is 13.4. The van der Waals surface area contributed by atoms with Crippen molar-refractivity contribution in [3.05, 3.63) is 35.4 Å². The van der Waals surface area contributed by atoms with Crippen molar-refractivity contribution in [1.82, 2.24) is 4.90 Å². The van der Waals surface area contributed by atoms with Crippen molar-refractivity contribution < 1.29 is 9.90 Å². The van der Waals surface area contributed by atoms with E-state index < -0.39 is 5.97 Å². The monoisotopic (exact) mass is 231 g/mol. The molecule has 1 N–H and O–H groups in total. The molecule has 1 aromatic carbocycles. The minimum Gasteiger partial charge on any atom is -0.481 e. The van der Waals surface area contributed by atoms with Crippen molar-refractivity contribution in [1.29, 1.82) is 0 Å². The highest BCUT2D eigenvalue weighted by Gasteiger charge is 2.35. The molecule has 1 aliphatic heterocycles. The van der Waals surface area contributed by atoms with Gasteiger partial charge in [-0.25, -0.2) is 0 Å². The van der Waals surface area contributed by atoms with Gasteiger partial charge in [-0.2, -0.15) is 0 Å². The van der Waals surface area contributed by atoms with E-state index in [4.69, 9.17) is 5.11 Å². The van der Waals surface area contributed by atoms with E-state index in [9.17, 15) is 4.79 Å². The number of hydrogen-bond acceptors (Lipinski definition) is 2. The number of rotatable bonds is 3. The lowest BCUT2D eigenvalue weighted by atomic mass is 9.87. The summed E-state index contributed by atoms with van der Waals surface area (Å²) >= 11 is 0. The zero-order chi connectivity index (χ0) is 11.8. The van der Waals surface area contributed by atoms with Gasteiger partial charge < -0.3 is 5.11 Å². The molecule has 90 valence electrons. The highest BCUT2D eigenvalue weighted by atomic mass is 16.4. The molecule has 0 aromatic heterocycles. The van der Waals surface area contributed by atoms with Crippen molar-refractivity contribution in [2.45, 2.75) is 37.8 Å². The summed E-state index contributed by atoms with van der Waals surface area (Å²) in [6, 6.07) is 9.00. The maximum absolute atomic E-state index is 11.0. The lowest BCUT2D eigenvalue weighted by molar-refractivity contribution is -0.137. The van der Waals surface area contributed by atoms with E-state index in [0.717, 1.165) is 13.1 Å². The van der Waals surface area contributed by atoms with Crippen LogP contribution in [-0.4, -0.2) is 28.6 Å². The normalized spacial score (nSPS) is 24.4. The fourth-order valence-corrected chi connectivity index (χ4v) is 2.84. The molecule has 1 heterocycles. The van der Waals surface area contributed by atoms with Crippen LogP contribution < -0.4 is 0 Å². The molecular weight excluding hydrogens is 214 g/mol. The van der Waals surface area contributed by atoms with E-state index in [1.165, 1.54) is 24.0 Å². The van der Waals surface area contributed by atoms with E-state index in [1.54, 1.807) is 0 Å². The van der Waals surface area contributed by atoms with Crippen LogP contribution in [0.15, 0.2) is 24.3 Å². The largest absolute Gasteiger partial charge is 0.481 e. The smallest absolute Gasteiger partial charge is 0.304 e. The molecule has 1 atom stereocenters. The van der Waals surface area contributed by atoms with Gasteiger partial charge in [0.2, 0.25) is 0 Å². The summed E-state index contributed by atoms with van der Waals surface area (Å²) in [5.41, 5.74) is 2.56. The zero-order valence-corrected chi connectivity index (χ0v) is 9.80. The first-order chi connectivity index (χ1) is 8.24. The number of carboxylic acids is 1. The van der Waals surface area contributed by atoms with Crippen LogP contribution in [0.2, 0.25) is 0 Å². The second kappa shape index (κ2) is 4.15. The fourth-order valence-electron chi connectivity index (χ4n) is 2.84. The van der Waals surface area contributed by atoms with Gasteiger partial charge in [0.15, 0.2) is 0 Å². The van der Waals surface area contributed by atoms with Gasteiger partial charge in [-0.05, 0) is 24.0 Å². The van der Waals surface area contributed by atoms with Crippen LogP contribution in [-0.2, 0) is 11.3 Å². The fraction of sp³-hybridized carbons (Fsp3) is 0.500. The number of nitrogens with zero attached hydrogens (tertiary/aromatic N) is 1. The molecule has 1 saturated carbocycles. The predicted molar refractivity (Wildman–Crippen MR) is 64.9 cm³/mol. The molecule has 3 nitrogen and oxygen atoms in total. The molecule has 0 spiro atoms. The molecule has 3 rings (SSSR count). The molecule has 17 heavy (non-hydrogen) atoms.